The third kappa shape index (κ3) is 2.92. The molecule has 0 saturated carbocycles. The van der Waals surface area contributed by atoms with E-state index in [2.05, 4.69) is 0 Å². The van der Waals surface area contributed by atoms with Crippen LogP contribution in [0.3, 0.4) is 0 Å². The molecule has 5 heteroatoms. The molecule has 0 fully saturated rings. The zero-order valence-electron chi connectivity index (χ0n) is 9.30. The minimum Gasteiger partial charge on any atom is -0.456 e. The van der Waals surface area contributed by atoms with Crippen molar-refractivity contribution in [3.8, 4) is 0 Å². The van der Waals surface area contributed by atoms with E-state index in [0.717, 1.165) is 12.1 Å². The molecule has 0 spiro atoms. The number of hydrogen-bond donors (Lipinski definition) is 1. The molecule has 0 saturated heterocycles. The highest BCUT2D eigenvalue weighted by atomic mass is 19.1. The number of esters is 1. The summed E-state index contributed by atoms with van der Waals surface area (Å²) in [6, 6.07) is 1.57. The molecule has 1 aromatic carbocycles. The Morgan fingerprint density at radius 3 is 2.38 bits per heavy atom. The molecule has 0 heterocycles. The third-order valence-corrected chi connectivity index (χ3v) is 1.68. The van der Waals surface area contributed by atoms with Gasteiger partial charge >= 0.3 is 5.97 Å². The summed E-state index contributed by atoms with van der Waals surface area (Å²) in [6.45, 7) is 4.89. The number of nitrogens with two attached hydrogens (primary N) is 1. The van der Waals surface area contributed by atoms with Crippen LogP contribution in [-0.2, 0) is 4.74 Å². The van der Waals surface area contributed by atoms with Crippen LogP contribution in [0.1, 0.15) is 31.1 Å². The molecule has 88 valence electrons. The van der Waals surface area contributed by atoms with Gasteiger partial charge in [0.25, 0.3) is 0 Å². The Hall–Kier alpha value is -1.65. The normalized spacial score (nSPS) is 11.3. The molecule has 0 bridgehead atoms. The van der Waals surface area contributed by atoms with Crippen LogP contribution in [-0.4, -0.2) is 11.6 Å². The van der Waals surface area contributed by atoms with Crippen LogP contribution < -0.4 is 5.73 Å². The number of anilines is 1. The number of halogens is 2. The second-order valence-corrected chi connectivity index (χ2v) is 4.36. The summed E-state index contributed by atoms with van der Waals surface area (Å²) in [5, 5.41) is 0. The van der Waals surface area contributed by atoms with Crippen molar-refractivity contribution >= 4 is 11.7 Å². The van der Waals surface area contributed by atoms with Gasteiger partial charge in [-0.2, -0.15) is 0 Å². The van der Waals surface area contributed by atoms with Crippen molar-refractivity contribution in [1.29, 1.82) is 0 Å². The predicted molar refractivity (Wildman–Crippen MR) is 55.9 cm³/mol. The molecule has 0 amide bonds. The van der Waals surface area contributed by atoms with Crippen molar-refractivity contribution in [3.63, 3.8) is 0 Å². The fourth-order valence-electron chi connectivity index (χ4n) is 1.09. The van der Waals surface area contributed by atoms with Gasteiger partial charge in [0.1, 0.15) is 17.0 Å². The number of benzene rings is 1. The SMILES string of the molecule is CC(C)(C)OC(=O)c1cc(F)cc(N)c1F. The lowest BCUT2D eigenvalue weighted by Crippen LogP contribution is -2.24. The Balaban J connectivity index is 3.09. The van der Waals surface area contributed by atoms with E-state index in [-0.39, 0.29) is 0 Å². The van der Waals surface area contributed by atoms with Crippen LogP contribution in [0.25, 0.3) is 0 Å². The van der Waals surface area contributed by atoms with Gasteiger partial charge in [-0.15, -0.1) is 0 Å². The molecule has 0 aliphatic rings. The summed E-state index contributed by atoms with van der Waals surface area (Å²) >= 11 is 0. The largest absolute Gasteiger partial charge is 0.456 e. The van der Waals surface area contributed by atoms with Gasteiger partial charge in [0.2, 0.25) is 0 Å². The second-order valence-electron chi connectivity index (χ2n) is 4.36. The molecule has 1 aromatic rings. The van der Waals surface area contributed by atoms with E-state index in [0.29, 0.717) is 0 Å². The van der Waals surface area contributed by atoms with Gasteiger partial charge in [-0.1, -0.05) is 0 Å². The predicted octanol–water partition coefficient (Wildman–Crippen LogP) is 2.50. The van der Waals surface area contributed by atoms with Gasteiger partial charge in [0.05, 0.1) is 5.69 Å². The van der Waals surface area contributed by atoms with Crippen molar-refractivity contribution in [3.05, 3.63) is 29.3 Å². The molecule has 0 unspecified atom stereocenters. The molecule has 16 heavy (non-hydrogen) atoms. The highest BCUT2D eigenvalue weighted by Crippen LogP contribution is 2.20. The first-order valence-corrected chi connectivity index (χ1v) is 4.68. The summed E-state index contributed by atoms with van der Waals surface area (Å²) in [6.07, 6.45) is 0. The maximum atomic E-state index is 13.4. The van der Waals surface area contributed by atoms with Crippen LogP contribution in [0, 0.1) is 11.6 Å². The number of carbonyl (C=O) groups is 1. The minimum atomic E-state index is -0.962. The Bertz CT molecular complexity index is 425. The molecule has 0 aliphatic heterocycles. The number of rotatable bonds is 1. The van der Waals surface area contributed by atoms with E-state index in [1.165, 1.54) is 0 Å². The zero-order chi connectivity index (χ0) is 12.5. The van der Waals surface area contributed by atoms with Crippen LogP contribution in [0.15, 0.2) is 12.1 Å². The summed E-state index contributed by atoms with van der Waals surface area (Å²) in [4.78, 5) is 11.5. The summed E-state index contributed by atoms with van der Waals surface area (Å²) in [5.74, 6) is -2.67. The van der Waals surface area contributed by atoms with Crippen molar-refractivity contribution in [2.75, 3.05) is 5.73 Å². The van der Waals surface area contributed by atoms with E-state index in [1.54, 1.807) is 20.8 Å². The lowest BCUT2D eigenvalue weighted by Gasteiger charge is -2.19. The average molecular weight is 229 g/mol. The maximum Gasteiger partial charge on any atom is 0.341 e. The van der Waals surface area contributed by atoms with E-state index < -0.39 is 34.5 Å². The van der Waals surface area contributed by atoms with Gasteiger partial charge in [-0.05, 0) is 32.9 Å². The Kier molecular flexibility index (Phi) is 3.16. The van der Waals surface area contributed by atoms with Crippen molar-refractivity contribution in [2.45, 2.75) is 26.4 Å². The first-order chi connectivity index (χ1) is 7.20. The minimum absolute atomic E-state index is 0.416. The summed E-state index contributed by atoms with van der Waals surface area (Å²) in [5.41, 5.74) is 3.52. The molecule has 0 atom stereocenters. The molecule has 1 rings (SSSR count). The fraction of sp³-hybridized carbons (Fsp3) is 0.364. The molecule has 0 aromatic heterocycles. The van der Waals surface area contributed by atoms with Gasteiger partial charge in [0, 0.05) is 0 Å². The van der Waals surface area contributed by atoms with Crippen LogP contribution in [0.4, 0.5) is 14.5 Å². The molecule has 0 radical (unpaired) electrons. The quantitative estimate of drug-likeness (QED) is 0.594. The molecular formula is C11H13F2NO2. The van der Waals surface area contributed by atoms with Crippen molar-refractivity contribution < 1.29 is 18.3 Å². The Labute approximate surface area is 92.2 Å². The molecule has 2 N–H and O–H groups in total. The number of hydrogen-bond acceptors (Lipinski definition) is 3. The lowest BCUT2D eigenvalue weighted by atomic mass is 10.1. The zero-order valence-corrected chi connectivity index (χ0v) is 9.30. The number of nitrogen functional groups attached to an aromatic ring is 1. The van der Waals surface area contributed by atoms with Crippen molar-refractivity contribution in [2.24, 2.45) is 0 Å². The van der Waals surface area contributed by atoms with E-state index in [9.17, 15) is 13.6 Å². The maximum absolute atomic E-state index is 13.4. The van der Waals surface area contributed by atoms with Gasteiger partial charge in [-0.25, -0.2) is 13.6 Å². The molecular weight excluding hydrogens is 216 g/mol. The standard InChI is InChI=1S/C11H13F2NO2/c1-11(2,3)16-10(15)7-4-6(12)5-8(14)9(7)13/h4-5H,14H2,1-3H3. The highest BCUT2D eigenvalue weighted by molar-refractivity contribution is 5.91. The average Bonchev–Trinajstić information content (AvgIpc) is 2.08. The van der Waals surface area contributed by atoms with E-state index in [4.69, 9.17) is 10.5 Å². The molecule has 3 nitrogen and oxygen atoms in total. The highest BCUT2D eigenvalue weighted by Gasteiger charge is 2.22. The molecule has 0 aliphatic carbocycles. The number of ether oxygens (including phenoxy) is 1. The summed E-state index contributed by atoms with van der Waals surface area (Å²) < 4.78 is 31.3. The van der Waals surface area contributed by atoms with Crippen molar-refractivity contribution in [1.82, 2.24) is 0 Å². The fourth-order valence-corrected chi connectivity index (χ4v) is 1.09. The monoisotopic (exact) mass is 229 g/mol. The van der Waals surface area contributed by atoms with E-state index in [1.807, 2.05) is 0 Å². The van der Waals surface area contributed by atoms with Crippen LogP contribution >= 0.6 is 0 Å². The Morgan fingerprint density at radius 1 is 1.31 bits per heavy atom. The first-order valence-electron chi connectivity index (χ1n) is 4.68. The number of carbonyl (C=O) groups excluding carboxylic acids is 1. The van der Waals surface area contributed by atoms with Gasteiger partial charge in [0.15, 0.2) is 5.82 Å². The van der Waals surface area contributed by atoms with Crippen LogP contribution in [0.2, 0.25) is 0 Å². The Morgan fingerprint density at radius 2 is 1.88 bits per heavy atom. The smallest absolute Gasteiger partial charge is 0.341 e. The lowest BCUT2D eigenvalue weighted by molar-refractivity contribution is 0.00643. The third-order valence-electron chi connectivity index (χ3n) is 1.68. The van der Waals surface area contributed by atoms with Gasteiger partial charge < -0.3 is 10.5 Å². The van der Waals surface area contributed by atoms with Crippen LogP contribution in [0.5, 0.6) is 0 Å². The van der Waals surface area contributed by atoms with E-state index >= 15 is 0 Å². The second kappa shape index (κ2) is 4.08. The summed E-state index contributed by atoms with van der Waals surface area (Å²) in [7, 11) is 0. The van der Waals surface area contributed by atoms with Gasteiger partial charge in [-0.3, -0.25) is 0 Å². The first kappa shape index (κ1) is 12.4. The topological polar surface area (TPSA) is 52.3 Å².